The summed E-state index contributed by atoms with van der Waals surface area (Å²) in [5.74, 6) is 0. The summed E-state index contributed by atoms with van der Waals surface area (Å²) in [6, 6.07) is 75.8. The minimum Gasteiger partial charge on any atom is -0.311 e. The molecule has 0 amide bonds. The maximum Gasteiger partial charge on any atom is 0.252 e. The van der Waals surface area contributed by atoms with Gasteiger partial charge in [0.2, 0.25) is 0 Å². The third-order valence-electron chi connectivity index (χ3n) is 11.8. The highest BCUT2D eigenvalue weighted by atomic mass is 15.2. The number of aryl methyl sites for hydroxylation is 1. The second-order valence-corrected chi connectivity index (χ2v) is 15.0. The van der Waals surface area contributed by atoms with Crippen LogP contribution >= 0.6 is 0 Å². The molecular formula is C53H37BN2. The molecule has 0 saturated heterocycles. The van der Waals surface area contributed by atoms with E-state index < -0.39 is 0 Å². The zero-order chi connectivity index (χ0) is 37.2. The Bertz CT molecular complexity index is 2760. The monoisotopic (exact) mass is 712 g/mol. The van der Waals surface area contributed by atoms with Crippen LogP contribution in [0.2, 0.25) is 0 Å². The van der Waals surface area contributed by atoms with E-state index in [9.17, 15) is 0 Å². The van der Waals surface area contributed by atoms with Crippen molar-refractivity contribution in [1.82, 2.24) is 0 Å². The highest BCUT2D eigenvalue weighted by Gasteiger charge is 2.43. The van der Waals surface area contributed by atoms with E-state index in [1.54, 1.807) is 0 Å². The van der Waals surface area contributed by atoms with Gasteiger partial charge in [-0.25, -0.2) is 0 Å². The first-order chi connectivity index (χ1) is 27.7. The smallest absolute Gasteiger partial charge is 0.252 e. The fraction of sp³-hybridized carbons (Fsp3) is 0.0189. The predicted octanol–water partition coefficient (Wildman–Crippen LogP) is 12.2. The van der Waals surface area contributed by atoms with Gasteiger partial charge in [0.1, 0.15) is 0 Å². The van der Waals surface area contributed by atoms with Crippen LogP contribution in [0.3, 0.4) is 0 Å². The zero-order valence-corrected chi connectivity index (χ0v) is 31.1. The molecule has 2 aliphatic rings. The number of para-hydroxylation sites is 2. The highest BCUT2D eigenvalue weighted by Crippen LogP contribution is 2.47. The minimum absolute atomic E-state index is 0.0646. The second kappa shape index (κ2) is 13.0. The van der Waals surface area contributed by atoms with Gasteiger partial charge >= 0.3 is 0 Å². The van der Waals surface area contributed by atoms with Crippen molar-refractivity contribution in [3.8, 4) is 33.4 Å². The van der Waals surface area contributed by atoms with Crippen molar-refractivity contribution in [3.63, 3.8) is 0 Å². The number of benzene rings is 9. The lowest BCUT2D eigenvalue weighted by Crippen LogP contribution is -2.61. The average molecular weight is 713 g/mol. The number of nitrogens with zero attached hydrogens (tertiary/aromatic N) is 2. The van der Waals surface area contributed by atoms with E-state index in [0.717, 1.165) is 11.4 Å². The van der Waals surface area contributed by atoms with Gasteiger partial charge < -0.3 is 9.80 Å². The Morgan fingerprint density at radius 2 is 0.804 bits per heavy atom. The van der Waals surface area contributed by atoms with E-state index in [1.807, 2.05) is 0 Å². The van der Waals surface area contributed by atoms with E-state index in [1.165, 1.54) is 88.9 Å². The quantitative estimate of drug-likeness (QED) is 0.164. The van der Waals surface area contributed by atoms with Gasteiger partial charge in [0.15, 0.2) is 0 Å². The van der Waals surface area contributed by atoms with Crippen molar-refractivity contribution in [2.24, 2.45) is 0 Å². The van der Waals surface area contributed by atoms with Crippen LogP contribution in [0.4, 0.5) is 34.1 Å². The van der Waals surface area contributed by atoms with Gasteiger partial charge in [-0.2, -0.15) is 0 Å². The van der Waals surface area contributed by atoms with Crippen LogP contribution in [-0.4, -0.2) is 6.71 Å². The van der Waals surface area contributed by atoms with Gasteiger partial charge in [0.05, 0.1) is 0 Å². The van der Waals surface area contributed by atoms with E-state index >= 15 is 0 Å². The number of anilines is 6. The Morgan fingerprint density at radius 1 is 0.357 bits per heavy atom. The van der Waals surface area contributed by atoms with Gasteiger partial charge in [-0.1, -0.05) is 158 Å². The van der Waals surface area contributed by atoms with Gasteiger partial charge in [0, 0.05) is 34.1 Å². The Balaban J connectivity index is 1.20. The van der Waals surface area contributed by atoms with E-state index in [-0.39, 0.29) is 6.71 Å². The number of rotatable bonds is 5. The molecule has 0 radical (unpaired) electrons. The molecule has 0 aliphatic carbocycles. The molecule has 2 nitrogen and oxygen atoms in total. The Kier molecular flexibility index (Phi) is 7.53. The minimum atomic E-state index is 0.0646. The Hall–Kier alpha value is -7.10. The van der Waals surface area contributed by atoms with Crippen LogP contribution in [-0.2, 0) is 0 Å². The molecular weight excluding hydrogens is 675 g/mol. The van der Waals surface area contributed by atoms with Crippen LogP contribution in [0.5, 0.6) is 0 Å². The summed E-state index contributed by atoms with van der Waals surface area (Å²) in [6.45, 7) is 2.31. The molecule has 11 rings (SSSR count). The fourth-order valence-electron chi connectivity index (χ4n) is 9.23. The highest BCUT2D eigenvalue weighted by molar-refractivity contribution is 7.00. The molecule has 0 spiro atoms. The maximum absolute atomic E-state index is 2.51. The van der Waals surface area contributed by atoms with Crippen LogP contribution in [0, 0.1) is 6.92 Å². The van der Waals surface area contributed by atoms with Crippen molar-refractivity contribution in [1.29, 1.82) is 0 Å². The molecule has 2 heterocycles. The standard InChI is InChI=1S/C53H37BN2/c1-36-24-25-41-18-8-9-19-45(41)52(36)42-34-50-53-51(35-42)56(44-32-28-40(29-33-44)38-16-6-3-7-17-38)49-23-13-11-21-47(49)54(53)46-20-10-12-22-48(46)55(50)43-30-26-39(27-31-43)37-14-4-2-5-15-37/h2-35H,1H3. The molecule has 3 heteroatoms. The first-order valence-electron chi connectivity index (χ1n) is 19.5. The molecule has 0 bridgehead atoms. The maximum atomic E-state index is 2.51. The fourth-order valence-corrected chi connectivity index (χ4v) is 9.23. The molecule has 0 N–H and O–H groups in total. The SMILES string of the molecule is Cc1ccc2ccccc2c1-c1cc2c3c(c1)N(c1ccc(-c4ccccc4)cc1)c1ccccc1B3c1ccccc1N2c1ccc(-c2ccccc2)cc1. The third-order valence-corrected chi connectivity index (χ3v) is 11.8. The molecule has 9 aromatic rings. The summed E-state index contributed by atoms with van der Waals surface area (Å²) in [7, 11) is 0. The molecule has 0 aromatic heterocycles. The second-order valence-electron chi connectivity index (χ2n) is 15.0. The zero-order valence-electron chi connectivity index (χ0n) is 31.1. The summed E-state index contributed by atoms with van der Waals surface area (Å²) in [6.07, 6.45) is 0. The average Bonchev–Trinajstić information content (AvgIpc) is 3.27. The summed E-state index contributed by atoms with van der Waals surface area (Å²) in [5.41, 5.74) is 19.7. The number of fused-ring (bicyclic) bond motifs is 5. The van der Waals surface area contributed by atoms with Crippen LogP contribution in [0.25, 0.3) is 44.2 Å². The first kappa shape index (κ1) is 32.3. The number of hydrogen-bond acceptors (Lipinski definition) is 2. The third kappa shape index (κ3) is 5.12. The first-order valence-corrected chi connectivity index (χ1v) is 19.5. The van der Waals surface area contributed by atoms with Crippen LogP contribution in [0.1, 0.15) is 5.56 Å². The van der Waals surface area contributed by atoms with Crippen molar-refractivity contribution in [2.45, 2.75) is 6.92 Å². The lowest BCUT2D eigenvalue weighted by Gasteiger charge is -2.44. The molecule has 0 unspecified atom stereocenters. The molecule has 2 aliphatic heterocycles. The molecule has 0 saturated carbocycles. The lowest BCUT2D eigenvalue weighted by molar-refractivity contribution is 1.25. The van der Waals surface area contributed by atoms with Crippen LogP contribution in [0.15, 0.2) is 206 Å². The normalized spacial score (nSPS) is 12.6. The molecule has 0 atom stereocenters. The number of hydrogen-bond donors (Lipinski definition) is 0. The van der Waals surface area contributed by atoms with Crippen molar-refractivity contribution < 1.29 is 0 Å². The van der Waals surface area contributed by atoms with Crippen LogP contribution < -0.4 is 26.2 Å². The van der Waals surface area contributed by atoms with E-state index in [0.29, 0.717) is 0 Å². The summed E-state index contributed by atoms with van der Waals surface area (Å²) in [5, 5.41) is 2.51. The predicted molar refractivity (Wildman–Crippen MR) is 239 cm³/mol. The largest absolute Gasteiger partial charge is 0.311 e. The van der Waals surface area contributed by atoms with Crippen molar-refractivity contribution in [2.75, 3.05) is 9.80 Å². The Morgan fingerprint density at radius 3 is 1.34 bits per heavy atom. The van der Waals surface area contributed by atoms with E-state index in [2.05, 4.69) is 223 Å². The van der Waals surface area contributed by atoms with Gasteiger partial charge in [-0.05, 0) is 122 Å². The van der Waals surface area contributed by atoms with Gasteiger partial charge in [-0.15, -0.1) is 0 Å². The summed E-state index contributed by atoms with van der Waals surface area (Å²) in [4.78, 5) is 5.02. The molecule has 9 aromatic carbocycles. The van der Waals surface area contributed by atoms with Crippen molar-refractivity contribution >= 4 is 68.0 Å². The van der Waals surface area contributed by atoms with Gasteiger partial charge in [0.25, 0.3) is 6.71 Å². The van der Waals surface area contributed by atoms with Gasteiger partial charge in [-0.3, -0.25) is 0 Å². The molecule has 262 valence electrons. The molecule has 0 fully saturated rings. The van der Waals surface area contributed by atoms with E-state index in [4.69, 9.17) is 0 Å². The Labute approximate surface area is 328 Å². The lowest BCUT2D eigenvalue weighted by atomic mass is 9.33. The molecule has 56 heavy (non-hydrogen) atoms. The summed E-state index contributed by atoms with van der Waals surface area (Å²) < 4.78 is 0. The van der Waals surface area contributed by atoms with Crippen molar-refractivity contribution in [3.05, 3.63) is 212 Å². The topological polar surface area (TPSA) is 6.48 Å². The summed E-state index contributed by atoms with van der Waals surface area (Å²) >= 11 is 0.